The molecule has 4 saturated carbocycles. The van der Waals surface area contributed by atoms with Crippen molar-refractivity contribution in [2.75, 3.05) is 13.1 Å². The lowest BCUT2D eigenvalue weighted by molar-refractivity contribution is -0.0725. The SMILES string of the molecule is CCC1(Cl)C2CC3(C(=S)N4CC[C@H](N)C(C)(C)C4)CC1CC(c1ccccc1)(C2)C3. The lowest BCUT2D eigenvalue weighted by atomic mass is 9.39. The second-order valence-electron chi connectivity index (χ2n) is 11.7. The summed E-state index contributed by atoms with van der Waals surface area (Å²) in [6.07, 6.45) is 8.12. The van der Waals surface area contributed by atoms with Crippen LogP contribution in [-0.2, 0) is 5.41 Å². The van der Waals surface area contributed by atoms with Crippen molar-refractivity contribution in [1.29, 1.82) is 0 Å². The molecule has 5 aliphatic rings. The first kappa shape index (κ1) is 21.2. The van der Waals surface area contributed by atoms with Gasteiger partial charge in [0, 0.05) is 24.5 Å². The summed E-state index contributed by atoms with van der Waals surface area (Å²) in [5.74, 6) is 1.12. The number of alkyl halides is 1. The van der Waals surface area contributed by atoms with E-state index >= 15 is 0 Å². The van der Waals surface area contributed by atoms with E-state index in [9.17, 15) is 0 Å². The highest BCUT2D eigenvalue weighted by Crippen LogP contribution is 2.71. The number of hydrogen-bond acceptors (Lipinski definition) is 2. The van der Waals surface area contributed by atoms with Crippen LogP contribution in [0.5, 0.6) is 0 Å². The standard InChI is InChI=1S/C26H37ClN2S/c1-4-26(27)19-12-24(18-8-6-5-7-9-18)13-20(26)15-25(14-19,16-24)22(30)29-11-10-21(28)23(2,3)17-29/h5-9,19-21H,4,10-17,28H2,1-3H3/t19?,20?,21-,24?,25?,26?/m0/s1. The molecule has 2 nitrogen and oxygen atoms in total. The third-order valence-electron chi connectivity index (χ3n) is 9.56. The maximum atomic E-state index is 7.41. The summed E-state index contributed by atoms with van der Waals surface area (Å²) >= 11 is 13.8. The second kappa shape index (κ2) is 6.93. The summed E-state index contributed by atoms with van der Waals surface area (Å²) in [6.45, 7) is 8.90. The Morgan fingerprint density at radius 1 is 1.13 bits per heavy atom. The zero-order chi connectivity index (χ0) is 21.4. The van der Waals surface area contributed by atoms with Crippen molar-refractivity contribution in [3.63, 3.8) is 0 Å². The highest BCUT2D eigenvalue weighted by molar-refractivity contribution is 7.80. The van der Waals surface area contributed by atoms with Gasteiger partial charge < -0.3 is 10.6 Å². The number of rotatable bonds is 3. The van der Waals surface area contributed by atoms with Gasteiger partial charge in [-0.25, -0.2) is 0 Å². The Morgan fingerprint density at radius 2 is 1.77 bits per heavy atom. The first-order chi connectivity index (χ1) is 14.1. The summed E-state index contributed by atoms with van der Waals surface area (Å²) in [7, 11) is 0. The van der Waals surface area contributed by atoms with Crippen molar-refractivity contribution in [3.05, 3.63) is 35.9 Å². The van der Waals surface area contributed by atoms with Gasteiger partial charge in [0.15, 0.2) is 0 Å². The summed E-state index contributed by atoms with van der Waals surface area (Å²) in [4.78, 5) is 3.72. The van der Waals surface area contributed by atoms with Gasteiger partial charge in [-0.15, -0.1) is 11.6 Å². The number of likely N-dealkylation sites (tertiary alicyclic amines) is 1. The zero-order valence-electron chi connectivity index (χ0n) is 18.8. The van der Waals surface area contributed by atoms with Gasteiger partial charge in [-0.05, 0) is 73.2 Å². The van der Waals surface area contributed by atoms with E-state index in [-0.39, 0.29) is 27.2 Å². The summed E-state index contributed by atoms with van der Waals surface area (Å²) < 4.78 is 0. The lowest BCUT2D eigenvalue weighted by Gasteiger charge is -2.68. The maximum Gasteiger partial charge on any atom is 0.0842 e. The molecule has 4 heteroatoms. The van der Waals surface area contributed by atoms with E-state index in [1.54, 1.807) is 0 Å². The Labute approximate surface area is 192 Å². The molecule has 4 aliphatic carbocycles. The maximum absolute atomic E-state index is 7.41. The topological polar surface area (TPSA) is 29.3 Å². The van der Waals surface area contributed by atoms with Crippen LogP contribution in [-0.4, -0.2) is 33.9 Å². The van der Waals surface area contributed by atoms with Gasteiger partial charge in [0.25, 0.3) is 0 Å². The van der Waals surface area contributed by atoms with Gasteiger partial charge in [0.1, 0.15) is 0 Å². The number of halogens is 1. The van der Waals surface area contributed by atoms with Crippen LogP contribution in [0.3, 0.4) is 0 Å². The summed E-state index contributed by atoms with van der Waals surface area (Å²) in [6, 6.07) is 11.5. The summed E-state index contributed by atoms with van der Waals surface area (Å²) in [5, 5.41) is 0. The minimum absolute atomic E-state index is 0.0403. The molecular formula is C26H37ClN2S. The van der Waals surface area contributed by atoms with Crippen LogP contribution in [0, 0.1) is 22.7 Å². The van der Waals surface area contributed by atoms with E-state index in [1.165, 1.54) is 42.7 Å². The van der Waals surface area contributed by atoms with Crippen LogP contribution < -0.4 is 5.73 Å². The molecule has 6 rings (SSSR count). The van der Waals surface area contributed by atoms with Gasteiger partial charge in [-0.1, -0.05) is 63.3 Å². The molecule has 1 aromatic rings. The molecule has 0 amide bonds. The first-order valence-electron chi connectivity index (χ1n) is 11.9. The molecule has 2 unspecified atom stereocenters. The number of hydrogen-bond donors (Lipinski definition) is 1. The Balaban J connectivity index is 1.52. The molecule has 5 fully saturated rings. The lowest BCUT2D eigenvalue weighted by Crippen LogP contribution is -2.67. The molecule has 2 N–H and O–H groups in total. The van der Waals surface area contributed by atoms with E-state index in [0.29, 0.717) is 11.8 Å². The normalized spacial score (nSPS) is 44.3. The number of nitrogens with zero attached hydrogens (tertiary/aromatic N) is 1. The molecule has 164 valence electrons. The molecule has 4 bridgehead atoms. The van der Waals surface area contributed by atoms with E-state index in [2.05, 4.69) is 56.0 Å². The van der Waals surface area contributed by atoms with Gasteiger partial charge in [-0.3, -0.25) is 0 Å². The summed E-state index contributed by atoms with van der Waals surface area (Å²) in [5.41, 5.74) is 8.44. The quantitative estimate of drug-likeness (QED) is 0.464. The smallest absolute Gasteiger partial charge is 0.0842 e. The fourth-order valence-corrected chi connectivity index (χ4v) is 8.69. The number of benzene rings is 1. The van der Waals surface area contributed by atoms with Gasteiger partial charge in [0.05, 0.1) is 9.86 Å². The van der Waals surface area contributed by atoms with Crippen molar-refractivity contribution in [3.8, 4) is 0 Å². The second-order valence-corrected chi connectivity index (χ2v) is 12.8. The fourth-order valence-electron chi connectivity index (χ4n) is 7.99. The van der Waals surface area contributed by atoms with Crippen LogP contribution >= 0.6 is 23.8 Å². The molecule has 30 heavy (non-hydrogen) atoms. The average Bonchev–Trinajstić information content (AvgIpc) is 2.73. The molecule has 0 radical (unpaired) electrons. The minimum Gasteiger partial charge on any atom is -0.365 e. The van der Waals surface area contributed by atoms with Crippen LogP contribution in [0.1, 0.15) is 71.3 Å². The first-order valence-corrected chi connectivity index (χ1v) is 12.7. The third-order valence-corrected chi connectivity index (χ3v) is 11.1. The van der Waals surface area contributed by atoms with Crippen LogP contribution in [0.2, 0.25) is 0 Å². The minimum atomic E-state index is -0.0403. The number of piperidine rings is 1. The predicted molar refractivity (Wildman–Crippen MR) is 130 cm³/mol. The predicted octanol–water partition coefficient (Wildman–Crippen LogP) is 5.91. The van der Waals surface area contributed by atoms with Crippen molar-refractivity contribution in [1.82, 2.24) is 4.90 Å². The molecule has 1 heterocycles. The molecule has 1 saturated heterocycles. The van der Waals surface area contributed by atoms with Crippen LogP contribution in [0.4, 0.5) is 0 Å². The Bertz CT molecular complexity index is 819. The van der Waals surface area contributed by atoms with Crippen molar-refractivity contribution >= 4 is 28.8 Å². The van der Waals surface area contributed by atoms with Gasteiger partial charge in [-0.2, -0.15) is 0 Å². The number of nitrogens with two attached hydrogens (primary N) is 1. The molecule has 1 aliphatic heterocycles. The van der Waals surface area contributed by atoms with Gasteiger partial charge >= 0.3 is 0 Å². The zero-order valence-corrected chi connectivity index (χ0v) is 20.4. The molecule has 0 aromatic heterocycles. The van der Waals surface area contributed by atoms with E-state index in [1.807, 2.05) is 0 Å². The van der Waals surface area contributed by atoms with E-state index in [0.717, 1.165) is 25.9 Å². The number of thiocarbonyl (C=S) groups is 1. The van der Waals surface area contributed by atoms with E-state index < -0.39 is 0 Å². The van der Waals surface area contributed by atoms with Crippen LogP contribution in [0.15, 0.2) is 30.3 Å². The Morgan fingerprint density at radius 3 is 2.33 bits per heavy atom. The van der Waals surface area contributed by atoms with Crippen molar-refractivity contribution in [2.24, 2.45) is 28.4 Å². The molecular weight excluding hydrogens is 408 g/mol. The average molecular weight is 445 g/mol. The Kier molecular flexibility index (Phi) is 4.90. The third kappa shape index (κ3) is 2.94. The Hall–Kier alpha value is -0.640. The van der Waals surface area contributed by atoms with Crippen LogP contribution in [0.25, 0.3) is 0 Å². The highest BCUT2D eigenvalue weighted by Gasteiger charge is 2.67. The molecule has 0 spiro atoms. The largest absolute Gasteiger partial charge is 0.365 e. The van der Waals surface area contributed by atoms with Crippen molar-refractivity contribution in [2.45, 2.75) is 82.0 Å². The van der Waals surface area contributed by atoms with E-state index in [4.69, 9.17) is 29.6 Å². The van der Waals surface area contributed by atoms with Crippen molar-refractivity contribution < 1.29 is 0 Å². The highest BCUT2D eigenvalue weighted by atomic mass is 35.5. The fraction of sp³-hybridized carbons (Fsp3) is 0.731. The molecule has 1 aromatic carbocycles. The monoisotopic (exact) mass is 444 g/mol. The molecule has 3 atom stereocenters. The van der Waals surface area contributed by atoms with Gasteiger partial charge in [0.2, 0.25) is 0 Å².